The molecule has 0 aliphatic heterocycles. The number of benzene rings is 2. The predicted molar refractivity (Wildman–Crippen MR) is 76.0 cm³/mol. The van der Waals surface area contributed by atoms with E-state index in [0.717, 1.165) is 11.3 Å². The fourth-order valence-corrected chi connectivity index (χ4v) is 2.18. The summed E-state index contributed by atoms with van der Waals surface area (Å²) in [5.74, 6) is -0.0263. The first-order valence-corrected chi connectivity index (χ1v) is 6.33. The number of rotatable bonds is 3. The number of hydrogen-bond donors (Lipinski definition) is 0. The minimum atomic E-state index is -0.0263. The first-order chi connectivity index (χ1) is 9.77. The van der Waals surface area contributed by atoms with Crippen LogP contribution in [-0.4, -0.2) is 20.8 Å². The van der Waals surface area contributed by atoms with E-state index < -0.39 is 0 Å². The third kappa shape index (κ3) is 2.12. The molecule has 0 unspecified atom stereocenters. The minimum absolute atomic E-state index is 0.0263. The van der Waals surface area contributed by atoms with Crippen molar-refractivity contribution in [1.82, 2.24) is 15.0 Å². The summed E-state index contributed by atoms with van der Waals surface area (Å²) in [6, 6.07) is 14.8. The smallest absolute Gasteiger partial charge is 0.195 e. The van der Waals surface area contributed by atoms with Gasteiger partial charge in [0.05, 0.1) is 23.6 Å². The molecule has 0 saturated carbocycles. The Morgan fingerprint density at radius 3 is 2.35 bits per heavy atom. The number of nitrogens with zero attached hydrogens (tertiary/aromatic N) is 3. The molecule has 1 aromatic heterocycles. The van der Waals surface area contributed by atoms with Gasteiger partial charge in [0, 0.05) is 5.56 Å². The van der Waals surface area contributed by atoms with Crippen LogP contribution in [0.3, 0.4) is 0 Å². The second-order valence-electron chi connectivity index (χ2n) is 4.48. The molecule has 2 aromatic carbocycles. The standard InChI is InChI=1S/C16H13N3O/c1-12-6-5-9-14(15(12)19-17-10-11-18-19)16(20)13-7-3-2-4-8-13/h2-11H,1H3. The monoisotopic (exact) mass is 263 g/mol. The molecule has 98 valence electrons. The number of ketones is 1. The number of aryl methyl sites for hydroxylation is 1. The summed E-state index contributed by atoms with van der Waals surface area (Å²) < 4.78 is 0. The SMILES string of the molecule is Cc1cccc(C(=O)c2ccccc2)c1-n1nccn1. The van der Waals surface area contributed by atoms with Crippen LogP contribution in [0.2, 0.25) is 0 Å². The van der Waals surface area contributed by atoms with Gasteiger partial charge in [-0.2, -0.15) is 15.0 Å². The molecular formula is C16H13N3O. The van der Waals surface area contributed by atoms with Gasteiger partial charge >= 0.3 is 0 Å². The summed E-state index contributed by atoms with van der Waals surface area (Å²) in [7, 11) is 0. The summed E-state index contributed by atoms with van der Waals surface area (Å²) in [5.41, 5.74) is 2.95. The molecule has 3 aromatic rings. The van der Waals surface area contributed by atoms with Crippen molar-refractivity contribution >= 4 is 5.78 Å². The Hall–Kier alpha value is -2.75. The van der Waals surface area contributed by atoms with Gasteiger partial charge in [0.2, 0.25) is 0 Å². The highest BCUT2D eigenvalue weighted by Gasteiger charge is 2.17. The van der Waals surface area contributed by atoms with E-state index in [1.54, 1.807) is 18.5 Å². The summed E-state index contributed by atoms with van der Waals surface area (Å²) in [4.78, 5) is 14.1. The maximum absolute atomic E-state index is 12.6. The van der Waals surface area contributed by atoms with Crippen molar-refractivity contribution < 1.29 is 4.79 Å². The molecule has 1 heterocycles. The highest BCUT2D eigenvalue weighted by atomic mass is 16.1. The van der Waals surface area contributed by atoms with Crippen molar-refractivity contribution in [1.29, 1.82) is 0 Å². The first-order valence-electron chi connectivity index (χ1n) is 6.33. The molecule has 0 aliphatic carbocycles. The second-order valence-corrected chi connectivity index (χ2v) is 4.48. The van der Waals surface area contributed by atoms with Gasteiger partial charge in [0.25, 0.3) is 0 Å². The van der Waals surface area contributed by atoms with Gasteiger partial charge in [0.1, 0.15) is 0 Å². The van der Waals surface area contributed by atoms with Crippen LogP contribution in [0, 0.1) is 6.92 Å². The predicted octanol–water partition coefficient (Wildman–Crippen LogP) is 2.81. The minimum Gasteiger partial charge on any atom is -0.289 e. The van der Waals surface area contributed by atoms with Gasteiger partial charge < -0.3 is 0 Å². The van der Waals surface area contributed by atoms with Crippen LogP contribution >= 0.6 is 0 Å². The Morgan fingerprint density at radius 1 is 0.950 bits per heavy atom. The molecule has 0 atom stereocenters. The lowest BCUT2D eigenvalue weighted by atomic mass is 9.99. The van der Waals surface area contributed by atoms with Crippen LogP contribution in [0.15, 0.2) is 60.9 Å². The summed E-state index contributed by atoms with van der Waals surface area (Å²) in [6.45, 7) is 1.94. The Morgan fingerprint density at radius 2 is 1.65 bits per heavy atom. The van der Waals surface area contributed by atoms with Crippen molar-refractivity contribution in [2.45, 2.75) is 6.92 Å². The van der Waals surface area contributed by atoms with Gasteiger partial charge in [-0.3, -0.25) is 4.79 Å². The molecule has 4 nitrogen and oxygen atoms in total. The van der Waals surface area contributed by atoms with Gasteiger partial charge in [-0.05, 0) is 18.6 Å². The lowest BCUT2D eigenvalue weighted by Crippen LogP contribution is -2.11. The molecule has 0 N–H and O–H groups in total. The molecule has 20 heavy (non-hydrogen) atoms. The average molecular weight is 263 g/mol. The lowest BCUT2D eigenvalue weighted by Gasteiger charge is -2.10. The largest absolute Gasteiger partial charge is 0.289 e. The van der Waals surface area contributed by atoms with Crippen molar-refractivity contribution in [3.63, 3.8) is 0 Å². The molecule has 3 rings (SSSR count). The van der Waals surface area contributed by atoms with E-state index in [2.05, 4.69) is 10.2 Å². The van der Waals surface area contributed by atoms with Gasteiger partial charge in [0.15, 0.2) is 5.78 Å². The Kier molecular flexibility index (Phi) is 3.13. The molecule has 0 bridgehead atoms. The van der Waals surface area contributed by atoms with E-state index >= 15 is 0 Å². The number of carbonyl (C=O) groups is 1. The van der Waals surface area contributed by atoms with Crippen LogP contribution in [0.1, 0.15) is 21.5 Å². The van der Waals surface area contributed by atoms with Crippen LogP contribution < -0.4 is 0 Å². The molecule has 0 radical (unpaired) electrons. The first kappa shape index (κ1) is 12.3. The Labute approximate surface area is 116 Å². The second kappa shape index (κ2) is 5.09. The normalized spacial score (nSPS) is 10.4. The summed E-state index contributed by atoms with van der Waals surface area (Å²) in [5, 5.41) is 8.27. The van der Waals surface area contributed by atoms with E-state index in [0.29, 0.717) is 11.1 Å². The van der Waals surface area contributed by atoms with Gasteiger partial charge in [-0.25, -0.2) is 0 Å². The third-order valence-corrected chi connectivity index (χ3v) is 3.14. The Balaban J connectivity index is 2.16. The zero-order valence-electron chi connectivity index (χ0n) is 11.0. The molecule has 0 fully saturated rings. The van der Waals surface area contributed by atoms with E-state index in [-0.39, 0.29) is 5.78 Å². The number of para-hydroxylation sites is 1. The van der Waals surface area contributed by atoms with Gasteiger partial charge in [-0.1, -0.05) is 42.5 Å². The number of carbonyl (C=O) groups excluding carboxylic acids is 1. The molecule has 0 amide bonds. The maximum atomic E-state index is 12.6. The summed E-state index contributed by atoms with van der Waals surface area (Å²) >= 11 is 0. The van der Waals surface area contributed by atoms with Gasteiger partial charge in [-0.15, -0.1) is 0 Å². The molecule has 0 spiro atoms. The van der Waals surface area contributed by atoms with Crippen molar-refractivity contribution in [3.8, 4) is 5.69 Å². The number of aromatic nitrogens is 3. The quantitative estimate of drug-likeness (QED) is 0.683. The fraction of sp³-hybridized carbons (Fsp3) is 0.0625. The molecule has 0 saturated heterocycles. The zero-order valence-corrected chi connectivity index (χ0v) is 11.0. The van der Waals surface area contributed by atoms with E-state index in [9.17, 15) is 4.79 Å². The van der Waals surface area contributed by atoms with Crippen molar-refractivity contribution in [2.75, 3.05) is 0 Å². The van der Waals surface area contributed by atoms with E-state index in [1.807, 2.05) is 49.4 Å². The average Bonchev–Trinajstić information content (AvgIpc) is 3.01. The summed E-state index contributed by atoms with van der Waals surface area (Å²) in [6.07, 6.45) is 3.20. The number of hydrogen-bond acceptors (Lipinski definition) is 3. The van der Waals surface area contributed by atoms with Crippen molar-refractivity contribution in [3.05, 3.63) is 77.6 Å². The zero-order chi connectivity index (χ0) is 13.9. The van der Waals surface area contributed by atoms with Crippen molar-refractivity contribution in [2.24, 2.45) is 0 Å². The topological polar surface area (TPSA) is 47.8 Å². The molecule has 0 aliphatic rings. The molecular weight excluding hydrogens is 250 g/mol. The highest BCUT2D eigenvalue weighted by molar-refractivity contribution is 6.11. The lowest BCUT2D eigenvalue weighted by molar-refractivity contribution is 0.103. The Bertz CT molecular complexity index is 734. The highest BCUT2D eigenvalue weighted by Crippen LogP contribution is 2.20. The van der Waals surface area contributed by atoms with E-state index in [1.165, 1.54) is 4.80 Å². The van der Waals surface area contributed by atoms with E-state index in [4.69, 9.17) is 0 Å². The van der Waals surface area contributed by atoms with Crippen LogP contribution in [0.5, 0.6) is 0 Å². The maximum Gasteiger partial charge on any atom is 0.195 e. The van der Waals surface area contributed by atoms with Crippen LogP contribution in [0.4, 0.5) is 0 Å². The molecule has 4 heteroatoms. The van der Waals surface area contributed by atoms with Crippen LogP contribution in [-0.2, 0) is 0 Å². The fourth-order valence-electron chi connectivity index (χ4n) is 2.18. The third-order valence-electron chi connectivity index (χ3n) is 3.14. The van der Waals surface area contributed by atoms with Crippen LogP contribution in [0.25, 0.3) is 5.69 Å².